The molecule has 0 aliphatic carbocycles. The van der Waals surface area contributed by atoms with Crippen molar-refractivity contribution >= 4 is 0 Å². The second kappa shape index (κ2) is 7.36. The van der Waals surface area contributed by atoms with E-state index in [4.69, 9.17) is 4.52 Å². The maximum atomic E-state index is 5.44. The van der Waals surface area contributed by atoms with Gasteiger partial charge in [0.05, 0.1) is 5.41 Å². The minimum Gasteiger partial charge on any atom is -0.339 e. The van der Waals surface area contributed by atoms with Gasteiger partial charge in [0.2, 0.25) is 5.89 Å². The molecule has 2 rings (SSSR count). The summed E-state index contributed by atoms with van der Waals surface area (Å²) < 4.78 is 5.44. The molecule has 0 saturated heterocycles. The molecule has 1 aromatic carbocycles. The van der Waals surface area contributed by atoms with Gasteiger partial charge in [-0.15, -0.1) is 0 Å². The Kier molecular flexibility index (Phi) is 5.51. The Morgan fingerprint density at radius 3 is 2.43 bits per heavy atom. The highest BCUT2D eigenvalue weighted by molar-refractivity contribution is 5.32. The smallest absolute Gasteiger partial charge is 0.227 e. The summed E-state index contributed by atoms with van der Waals surface area (Å²) in [5.41, 5.74) is 1.11. The van der Waals surface area contributed by atoms with Gasteiger partial charge in [-0.05, 0) is 24.9 Å². The average molecular weight is 287 g/mol. The van der Waals surface area contributed by atoms with Crippen molar-refractivity contribution in [3.8, 4) is 0 Å². The Balaban J connectivity index is 2.27. The summed E-state index contributed by atoms with van der Waals surface area (Å²) in [5, 5.41) is 7.55. The lowest BCUT2D eigenvalue weighted by atomic mass is 9.75. The third kappa shape index (κ3) is 3.32. The zero-order valence-electron chi connectivity index (χ0n) is 13.2. The first-order valence-corrected chi connectivity index (χ1v) is 7.86. The van der Waals surface area contributed by atoms with Crippen LogP contribution in [0.4, 0.5) is 0 Å². The van der Waals surface area contributed by atoms with Crippen LogP contribution in [0.1, 0.15) is 50.9 Å². The molecule has 0 radical (unpaired) electrons. The third-order valence-corrected chi connectivity index (χ3v) is 4.20. The number of hydrogen-bond donors (Lipinski definition) is 1. The standard InChI is InChI=1S/C17H25N3O/c1-4-17(5-2,14-10-8-7-9-11-14)16-19-15(21-20-16)12-13-18-6-3/h7-11,18H,4-6,12-13H2,1-3H3. The number of nitrogens with one attached hydrogen (secondary N) is 1. The molecule has 0 aliphatic rings. The van der Waals surface area contributed by atoms with Crippen LogP contribution in [0.3, 0.4) is 0 Å². The van der Waals surface area contributed by atoms with E-state index in [1.54, 1.807) is 0 Å². The zero-order chi connectivity index (χ0) is 15.1. The first-order valence-electron chi connectivity index (χ1n) is 7.86. The lowest BCUT2D eigenvalue weighted by molar-refractivity contribution is 0.352. The number of rotatable bonds is 8. The van der Waals surface area contributed by atoms with Crippen molar-refractivity contribution in [3.05, 3.63) is 47.6 Å². The van der Waals surface area contributed by atoms with Gasteiger partial charge in [-0.3, -0.25) is 0 Å². The van der Waals surface area contributed by atoms with Crippen LogP contribution in [0.2, 0.25) is 0 Å². The topological polar surface area (TPSA) is 51.0 Å². The SMILES string of the molecule is CCNCCc1nc(C(CC)(CC)c2ccccc2)no1. The summed E-state index contributed by atoms with van der Waals surface area (Å²) in [6.07, 6.45) is 2.69. The minimum atomic E-state index is -0.152. The number of likely N-dealkylation sites (N-methyl/N-ethyl adjacent to an activating group) is 1. The third-order valence-electron chi connectivity index (χ3n) is 4.20. The second-order valence-electron chi connectivity index (χ2n) is 5.27. The van der Waals surface area contributed by atoms with Crippen molar-refractivity contribution in [2.24, 2.45) is 0 Å². The highest BCUT2D eigenvalue weighted by atomic mass is 16.5. The van der Waals surface area contributed by atoms with Crippen LogP contribution in [0, 0.1) is 0 Å². The number of aromatic nitrogens is 2. The summed E-state index contributed by atoms with van der Waals surface area (Å²) in [4.78, 5) is 4.65. The Hall–Kier alpha value is -1.68. The van der Waals surface area contributed by atoms with E-state index in [2.05, 4.69) is 60.5 Å². The van der Waals surface area contributed by atoms with E-state index >= 15 is 0 Å². The molecule has 0 spiro atoms. The molecule has 2 aromatic rings. The molecular weight excluding hydrogens is 262 g/mol. The van der Waals surface area contributed by atoms with Gasteiger partial charge in [0.25, 0.3) is 0 Å². The van der Waals surface area contributed by atoms with Crippen molar-refractivity contribution in [3.63, 3.8) is 0 Å². The fourth-order valence-electron chi connectivity index (χ4n) is 2.78. The molecule has 21 heavy (non-hydrogen) atoms. The van der Waals surface area contributed by atoms with Crippen LogP contribution in [0.15, 0.2) is 34.9 Å². The summed E-state index contributed by atoms with van der Waals surface area (Å²) in [5.74, 6) is 1.53. The molecule has 1 N–H and O–H groups in total. The summed E-state index contributed by atoms with van der Waals surface area (Å²) in [6.45, 7) is 8.29. The molecule has 0 aliphatic heterocycles. The predicted molar refractivity (Wildman–Crippen MR) is 84.3 cm³/mol. The summed E-state index contributed by atoms with van der Waals surface area (Å²) in [7, 11) is 0. The zero-order valence-corrected chi connectivity index (χ0v) is 13.2. The van der Waals surface area contributed by atoms with Gasteiger partial charge >= 0.3 is 0 Å². The molecule has 1 aromatic heterocycles. The Morgan fingerprint density at radius 1 is 1.10 bits per heavy atom. The highest BCUT2D eigenvalue weighted by Crippen LogP contribution is 2.36. The van der Waals surface area contributed by atoms with E-state index in [1.165, 1.54) is 5.56 Å². The molecular formula is C17H25N3O. The predicted octanol–water partition coefficient (Wildman–Crippen LogP) is 3.33. The maximum Gasteiger partial charge on any atom is 0.227 e. The number of nitrogens with zero attached hydrogens (tertiary/aromatic N) is 2. The monoisotopic (exact) mass is 287 g/mol. The fraction of sp³-hybridized carbons (Fsp3) is 0.529. The molecule has 0 unspecified atom stereocenters. The Morgan fingerprint density at radius 2 is 1.81 bits per heavy atom. The van der Waals surface area contributed by atoms with Crippen molar-refractivity contribution in [1.29, 1.82) is 0 Å². The van der Waals surface area contributed by atoms with Crippen LogP contribution >= 0.6 is 0 Å². The van der Waals surface area contributed by atoms with Gasteiger partial charge in [-0.25, -0.2) is 0 Å². The lowest BCUT2D eigenvalue weighted by Crippen LogP contribution is -2.27. The number of hydrogen-bond acceptors (Lipinski definition) is 4. The van der Waals surface area contributed by atoms with Gasteiger partial charge in [0.1, 0.15) is 0 Å². The van der Waals surface area contributed by atoms with Gasteiger partial charge in [0.15, 0.2) is 5.82 Å². The first kappa shape index (κ1) is 15.7. The Bertz CT molecular complexity index is 532. The van der Waals surface area contributed by atoms with Gasteiger partial charge < -0.3 is 9.84 Å². The van der Waals surface area contributed by atoms with E-state index in [-0.39, 0.29) is 5.41 Å². The number of benzene rings is 1. The van der Waals surface area contributed by atoms with E-state index in [0.717, 1.165) is 38.2 Å². The second-order valence-corrected chi connectivity index (χ2v) is 5.27. The minimum absolute atomic E-state index is 0.152. The molecule has 0 fully saturated rings. The van der Waals surface area contributed by atoms with Gasteiger partial charge in [-0.1, -0.05) is 56.3 Å². The largest absolute Gasteiger partial charge is 0.339 e. The molecule has 0 bridgehead atoms. The van der Waals surface area contributed by atoms with E-state index in [1.807, 2.05) is 6.07 Å². The molecule has 4 heteroatoms. The molecule has 4 nitrogen and oxygen atoms in total. The molecule has 114 valence electrons. The normalized spacial score (nSPS) is 11.8. The summed E-state index contributed by atoms with van der Waals surface area (Å²) in [6, 6.07) is 10.5. The highest BCUT2D eigenvalue weighted by Gasteiger charge is 2.35. The van der Waals surface area contributed by atoms with Crippen LogP contribution < -0.4 is 5.32 Å². The van der Waals surface area contributed by atoms with Crippen LogP contribution in [0.5, 0.6) is 0 Å². The Labute approximate surface area is 127 Å². The maximum absolute atomic E-state index is 5.44. The molecule has 0 saturated carbocycles. The lowest BCUT2D eigenvalue weighted by Gasteiger charge is -2.28. The van der Waals surface area contributed by atoms with Crippen molar-refractivity contribution < 1.29 is 4.52 Å². The van der Waals surface area contributed by atoms with Crippen LogP contribution in [0.25, 0.3) is 0 Å². The van der Waals surface area contributed by atoms with Crippen LogP contribution in [-0.4, -0.2) is 23.2 Å². The van der Waals surface area contributed by atoms with E-state index in [9.17, 15) is 0 Å². The van der Waals surface area contributed by atoms with Gasteiger partial charge in [-0.2, -0.15) is 4.98 Å². The average Bonchev–Trinajstić information content (AvgIpc) is 3.00. The quantitative estimate of drug-likeness (QED) is 0.757. The first-order chi connectivity index (χ1) is 10.3. The fourth-order valence-corrected chi connectivity index (χ4v) is 2.78. The summed E-state index contributed by atoms with van der Waals surface area (Å²) >= 11 is 0. The van der Waals surface area contributed by atoms with Crippen molar-refractivity contribution in [2.45, 2.75) is 45.4 Å². The van der Waals surface area contributed by atoms with E-state index < -0.39 is 0 Å². The molecule has 0 atom stereocenters. The van der Waals surface area contributed by atoms with Crippen molar-refractivity contribution in [2.75, 3.05) is 13.1 Å². The van der Waals surface area contributed by atoms with Gasteiger partial charge in [0, 0.05) is 13.0 Å². The molecule has 0 amide bonds. The molecule has 1 heterocycles. The van der Waals surface area contributed by atoms with E-state index in [0.29, 0.717) is 5.89 Å². The van der Waals surface area contributed by atoms with Crippen molar-refractivity contribution in [1.82, 2.24) is 15.5 Å². The van der Waals surface area contributed by atoms with Crippen LogP contribution in [-0.2, 0) is 11.8 Å².